The maximum Gasteiger partial charge on any atom is 0.220 e. The van der Waals surface area contributed by atoms with Crippen molar-refractivity contribution in [3.8, 4) is 0 Å². The first-order valence-electron chi connectivity index (χ1n) is 27.9. The molecule has 73 heavy (non-hydrogen) atoms. The van der Waals surface area contributed by atoms with Gasteiger partial charge < -0.3 is 40.3 Å². The zero-order chi connectivity index (χ0) is 52.9. The molecule has 0 spiro atoms. The summed E-state index contributed by atoms with van der Waals surface area (Å²) in [4.78, 5) is 13.0. The van der Waals surface area contributed by atoms with E-state index in [0.717, 1.165) is 109 Å². The largest absolute Gasteiger partial charge is 0.394 e. The van der Waals surface area contributed by atoms with Crippen molar-refractivity contribution in [1.82, 2.24) is 5.32 Å². The number of carbonyl (C=O) groups excluding carboxylic acids is 1. The lowest BCUT2D eigenvalue weighted by Gasteiger charge is -2.40. The van der Waals surface area contributed by atoms with Crippen LogP contribution < -0.4 is 5.32 Å². The van der Waals surface area contributed by atoms with Gasteiger partial charge in [0.05, 0.1) is 25.4 Å². The Hall–Kier alpha value is -4.45. The molecule has 408 valence electrons. The molecular weight excluding hydrogens is 911 g/mol. The first kappa shape index (κ1) is 66.6. The van der Waals surface area contributed by atoms with E-state index in [9.17, 15) is 30.3 Å². The molecule has 7 atom stereocenters. The van der Waals surface area contributed by atoms with Crippen LogP contribution in [0.25, 0.3) is 0 Å². The second kappa shape index (κ2) is 51.1. The van der Waals surface area contributed by atoms with E-state index < -0.39 is 49.5 Å². The highest BCUT2D eigenvalue weighted by molar-refractivity contribution is 5.76. The number of allylic oxidation sites excluding steroid dienone is 27. The molecule has 6 N–H and O–H groups in total. The predicted octanol–water partition coefficient (Wildman–Crippen LogP) is 13.8. The van der Waals surface area contributed by atoms with Gasteiger partial charge in [-0.05, 0) is 122 Å². The predicted molar refractivity (Wildman–Crippen MR) is 308 cm³/mol. The summed E-state index contributed by atoms with van der Waals surface area (Å²) < 4.78 is 11.2. The van der Waals surface area contributed by atoms with E-state index in [2.05, 4.69) is 177 Å². The Morgan fingerprint density at radius 2 is 0.863 bits per heavy atom. The summed E-state index contributed by atoms with van der Waals surface area (Å²) in [6, 6.07) is -0.857. The highest BCUT2D eigenvalue weighted by atomic mass is 16.7. The Labute approximate surface area is 443 Å². The van der Waals surface area contributed by atoms with Gasteiger partial charge in [0, 0.05) is 6.42 Å². The van der Waals surface area contributed by atoms with Crippen LogP contribution in [0.15, 0.2) is 170 Å². The van der Waals surface area contributed by atoms with Crippen molar-refractivity contribution in [2.45, 2.75) is 211 Å². The van der Waals surface area contributed by atoms with Crippen LogP contribution in [0.2, 0.25) is 0 Å². The van der Waals surface area contributed by atoms with E-state index in [1.54, 1.807) is 6.08 Å². The average Bonchev–Trinajstić information content (AvgIpc) is 3.39. The van der Waals surface area contributed by atoms with Gasteiger partial charge in [-0.25, -0.2) is 0 Å². The van der Waals surface area contributed by atoms with Crippen molar-refractivity contribution >= 4 is 5.91 Å². The molecule has 0 aliphatic carbocycles. The number of amides is 1. The van der Waals surface area contributed by atoms with Crippen molar-refractivity contribution in [2.24, 2.45) is 0 Å². The van der Waals surface area contributed by atoms with E-state index >= 15 is 0 Å². The van der Waals surface area contributed by atoms with Crippen LogP contribution in [0, 0.1) is 0 Å². The summed E-state index contributed by atoms with van der Waals surface area (Å²) >= 11 is 0. The summed E-state index contributed by atoms with van der Waals surface area (Å²) in [7, 11) is 0. The Morgan fingerprint density at radius 1 is 0.479 bits per heavy atom. The summed E-state index contributed by atoms with van der Waals surface area (Å²) in [5, 5.41) is 54.2. The number of aliphatic hydroxyl groups excluding tert-OH is 5. The monoisotopic (exact) mass is 1010 g/mol. The highest BCUT2D eigenvalue weighted by Crippen LogP contribution is 2.22. The lowest BCUT2D eigenvalue weighted by molar-refractivity contribution is -0.302. The van der Waals surface area contributed by atoms with Gasteiger partial charge in [-0.3, -0.25) is 4.79 Å². The highest BCUT2D eigenvalue weighted by Gasteiger charge is 2.44. The standard InChI is InChI=1S/C64H99NO8/c1-3-5-7-9-11-13-15-16-17-18-19-20-21-22-23-24-25-26-27-28-29-30-31-32-33-34-35-36-37-38-39-40-41-42-44-46-48-50-52-54-60(68)65-57(56-72-64-63(71)62(70)61(69)59(55-66)73-64)58(67)53-51-49-47-45-43-14-12-10-8-6-4-2/h5,7,11,13,16-17,19-20,22-23,25-26,28-29,31-32,34-35,37-38,40-41,43-46,51,53,57-59,61-64,66-67,69-71H,3-4,6,8-10,12,14-15,18,21,24,27,30,33,36,39,42,47-50,52,54-56H2,1-2H3,(H,65,68)/b7-5-,13-11-,17-16-,20-19-,23-22-,26-25-,29-28-,32-31-,35-34-,38-37-,41-40-,45-43+,46-44-,53-51+. The van der Waals surface area contributed by atoms with Gasteiger partial charge in [-0.1, -0.05) is 210 Å². The number of rotatable bonds is 44. The fraction of sp³-hybridized carbons (Fsp3) is 0.547. The van der Waals surface area contributed by atoms with Crippen molar-refractivity contribution in [3.05, 3.63) is 170 Å². The van der Waals surface area contributed by atoms with Crippen LogP contribution in [0.5, 0.6) is 0 Å². The quantitative estimate of drug-likeness (QED) is 0.0261. The molecule has 0 bridgehead atoms. The van der Waals surface area contributed by atoms with Gasteiger partial charge in [0.25, 0.3) is 0 Å². The van der Waals surface area contributed by atoms with Crippen molar-refractivity contribution in [2.75, 3.05) is 13.2 Å². The third-order valence-corrected chi connectivity index (χ3v) is 11.8. The Morgan fingerprint density at radius 3 is 1.30 bits per heavy atom. The molecule has 0 aromatic heterocycles. The molecule has 1 rings (SSSR count). The molecule has 1 saturated heterocycles. The molecular formula is C64H99NO8. The lowest BCUT2D eigenvalue weighted by Crippen LogP contribution is -2.60. The van der Waals surface area contributed by atoms with Gasteiger partial charge >= 0.3 is 0 Å². The number of unbranched alkanes of at least 4 members (excludes halogenated alkanes) is 8. The minimum absolute atomic E-state index is 0.231. The molecule has 0 saturated carbocycles. The van der Waals surface area contributed by atoms with Gasteiger partial charge in [-0.2, -0.15) is 0 Å². The van der Waals surface area contributed by atoms with Crippen LogP contribution in [-0.4, -0.2) is 87.5 Å². The number of hydrogen-bond acceptors (Lipinski definition) is 8. The first-order valence-corrected chi connectivity index (χ1v) is 27.9. The van der Waals surface area contributed by atoms with E-state index in [-0.39, 0.29) is 18.9 Å². The first-order chi connectivity index (χ1) is 35.8. The molecule has 9 nitrogen and oxygen atoms in total. The minimum atomic E-state index is -1.59. The normalized spacial score (nSPS) is 20.5. The van der Waals surface area contributed by atoms with Gasteiger partial charge in [0.1, 0.15) is 24.4 Å². The maximum atomic E-state index is 13.0. The fourth-order valence-corrected chi connectivity index (χ4v) is 7.39. The molecule has 0 radical (unpaired) electrons. The van der Waals surface area contributed by atoms with Crippen LogP contribution in [0.1, 0.15) is 168 Å². The third-order valence-electron chi connectivity index (χ3n) is 11.8. The smallest absolute Gasteiger partial charge is 0.220 e. The van der Waals surface area contributed by atoms with E-state index in [4.69, 9.17) is 9.47 Å². The molecule has 1 aliphatic rings. The van der Waals surface area contributed by atoms with Gasteiger partial charge in [0.15, 0.2) is 6.29 Å². The fourth-order valence-electron chi connectivity index (χ4n) is 7.39. The van der Waals surface area contributed by atoms with E-state index in [0.29, 0.717) is 6.42 Å². The van der Waals surface area contributed by atoms with E-state index in [1.165, 1.54) is 32.1 Å². The summed E-state index contributed by atoms with van der Waals surface area (Å²) in [5.41, 5.74) is 0. The Kier molecular flexibility index (Phi) is 46.6. The Balaban J connectivity index is 2.23. The average molecular weight is 1010 g/mol. The molecule has 0 aromatic carbocycles. The molecule has 0 aromatic rings. The molecule has 1 amide bonds. The number of carbonyl (C=O) groups is 1. The molecule has 9 heteroatoms. The molecule has 1 fully saturated rings. The van der Waals surface area contributed by atoms with Gasteiger partial charge in [0.2, 0.25) is 5.91 Å². The number of ether oxygens (including phenoxy) is 2. The van der Waals surface area contributed by atoms with Crippen LogP contribution >= 0.6 is 0 Å². The SMILES string of the molecule is CC/C=C\C/C=C\C/C=C\C/C=C\C/C=C\C/C=C\C/C=C\C/C=C\C/C=C\C/C=C\C/C=C\C/C=C\CCCCC(=O)NC(COC1OC(CO)C(O)C(O)C1O)C(O)/C=C/CC/C=C/CCCCCCC. The zero-order valence-electron chi connectivity index (χ0n) is 45.1. The van der Waals surface area contributed by atoms with Gasteiger partial charge in [-0.15, -0.1) is 0 Å². The number of nitrogens with one attached hydrogen (secondary N) is 1. The van der Waals surface area contributed by atoms with E-state index in [1.807, 2.05) is 6.08 Å². The van der Waals surface area contributed by atoms with Crippen molar-refractivity contribution < 1.29 is 39.8 Å². The van der Waals surface area contributed by atoms with Crippen molar-refractivity contribution in [1.29, 1.82) is 0 Å². The number of hydrogen-bond donors (Lipinski definition) is 6. The third kappa shape index (κ3) is 40.6. The van der Waals surface area contributed by atoms with Crippen LogP contribution in [-0.2, 0) is 14.3 Å². The summed E-state index contributed by atoms with van der Waals surface area (Å²) in [6.07, 6.45) is 75.7. The molecule has 1 heterocycles. The second-order valence-corrected chi connectivity index (χ2v) is 18.3. The second-order valence-electron chi connectivity index (χ2n) is 18.3. The summed E-state index contributed by atoms with van der Waals surface area (Å²) in [5.74, 6) is -0.239. The Bertz CT molecular complexity index is 1740. The maximum absolute atomic E-state index is 13.0. The molecule has 7 unspecified atom stereocenters. The van der Waals surface area contributed by atoms with Crippen molar-refractivity contribution in [3.63, 3.8) is 0 Å². The topological polar surface area (TPSA) is 149 Å². The number of aliphatic hydroxyl groups is 5. The minimum Gasteiger partial charge on any atom is -0.394 e. The molecule has 1 aliphatic heterocycles. The van der Waals surface area contributed by atoms with Crippen LogP contribution in [0.3, 0.4) is 0 Å². The van der Waals surface area contributed by atoms with Crippen LogP contribution in [0.4, 0.5) is 0 Å². The zero-order valence-corrected chi connectivity index (χ0v) is 45.1. The lowest BCUT2D eigenvalue weighted by atomic mass is 9.99. The summed E-state index contributed by atoms with van der Waals surface area (Å²) in [6.45, 7) is 3.56.